The normalized spacial score (nSPS) is 12.1. The Labute approximate surface area is 99.4 Å². The third-order valence-electron chi connectivity index (χ3n) is 1.97. The Balaban J connectivity index is 2.70. The van der Waals surface area contributed by atoms with E-state index in [4.69, 9.17) is 6.42 Å². The lowest BCUT2D eigenvalue weighted by atomic mass is 10.1. The van der Waals surface area contributed by atoms with Gasteiger partial charge in [0.05, 0.1) is 6.04 Å². The van der Waals surface area contributed by atoms with Gasteiger partial charge in [-0.3, -0.25) is 0 Å². The fourth-order valence-electron chi connectivity index (χ4n) is 1.22. The number of hydrogen-bond donors (Lipinski definition) is 1. The van der Waals surface area contributed by atoms with E-state index in [1.165, 1.54) is 9.13 Å². The lowest BCUT2D eigenvalue weighted by Crippen LogP contribution is -2.20. The molecule has 1 rings (SSSR count). The lowest BCUT2D eigenvalue weighted by Gasteiger charge is -2.12. The molecule has 0 saturated carbocycles. The Morgan fingerprint density at radius 3 is 2.57 bits per heavy atom. The van der Waals surface area contributed by atoms with E-state index in [2.05, 4.69) is 65.0 Å². The second kappa shape index (κ2) is 6.05. The molecule has 1 N–H and O–H groups in total. The lowest BCUT2D eigenvalue weighted by molar-refractivity contribution is 0.626. The van der Waals surface area contributed by atoms with Gasteiger partial charge in [-0.25, -0.2) is 0 Å². The largest absolute Gasteiger partial charge is 0.300 e. The molecule has 0 heterocycles. The number of hydrogen-bond acceptors (Lipinski definition) is 1. The van der Waals surface area contributed by atoms with Crippen molar-refractivity contribution in [2.75, 3.05) is 6.54 Å². The van der Waals surface area contributed by atoms with E-state index >= 15 is 0 Å². The van der Waals surface area contributed by atoms with E-state index in [9.17, 15) is 0 Å². The van der Waals surface area contributed by atoms with Crippen LogP contribution < -0.4 is 5.32 Å². The highest BCUT2D eigenvalue weighted by Gasteiger charge is 2.05. The molecule has 0 radical (unpaired) electrons. The van der Waals surface area contributed by atoms with E-state index in [1.54, 1.807) is 0 Å². The van der Waals surface area contributed by atoms with E-state index in [0.29, 0.717) is 0 Å². The zero-order valence-corrected chi connectivity index (χ0v) is 10.4. The van der Waals surface area contributed by atoms with E-state index in [0.717, 1.165) is 13.0 Å². The van der Waals surface area contributed by atoms with Gasteiger partial charge in [-0.2, -0.15) is 0 Å². The van der Waals surface area contributed by atoms with Gasteiger partial charge in [0.1, 0.15) is 0 Å². The smallest absolute Gasteiger partial charge is 0.0943 e. The van der Waals surface area contributed by atoms with Crippen LogP contribution in [-0.4, -0.2) is 6.54 Å². The first-order valence-electron chi connectivity index (χ1n) is 4.73. The molecule has 1 atom stereocenters. The van der Waals surface area contributed by atoms with Crippen LogP contribution in [0.4, 0.5) is 0 Å². The van der Waals surface area contributed by atoms with Crippen LogP contribution in [0.3, 0.4) is 0 Å². The fourth-order valence-corrected chi connectivity index (χ4v) is 1.58. The van der Waals surface area contributed by atoms with Crippen molar-refractivity contribution in [1.29, 1.82) is 0 Å². The molecule has 0 aromatic heterocycles. The first kappa shape index (κ1) is 11.5. The average Bonchev–Trinajstić information content (AvgIpc) is 2.21. The van der Waals surface area contributed by atoms with Crippen molar-refractivity contribution < 1.29 is 0 Å². The minimum atomic E-state index is 0.0481. The quantitative estimate of drug-likeness (QED) is 0.666. The third-order valence-corrected chi connectivity index (χ3v) is 2.69. The van der Waals surface area contributed by atoms with Gasteiger partial charge >= 0.3 is 0 Å². The molecule has 0 aliphatic carbocycles. The highest BCUT2D eigenvalue weighted by atomic mass is 127. The van der Waals surface area contributed by atoms with Crippen molar-refractivity contribution in [3.8, 4) is 12.3 Å². The van der Waals surface area contributed by atoms with Gasteiger partial charge < -0.3 is 5.32 Å². The zero-order valence-electron chi connectivity index (χ0n) is 8.26. The molecular formula is C12H14IN. The van der Waals surface area contributed by atoms with Crippen LogP contribution >= 0.6 is 22.6 Å². The van der Waals surface area contributed by atoms with E-state index in [-0.39, 0.29) is 6.04 Å². The molecule has 1 aromatic carbocycles. The Hall–Kier alpha value is -0.530. The van der Waals surface area contributed by atoms with Crippen molar-refractivity contribution >= 4 is 22.6 Å². The molecule has 1 unspecified atom stereocenters. The first-order chi connectivity index (χ1) is 6.77. The number of halogens is 1. The predicted octanol–water partition coefficient (Wildman–Crippen LogP) is 2.97. The minimum absolute atomic E-state index is 0.0481. The standard InChI is InChI=1S/C12H14IN/c1-3-9-14-12(4-2)10-5-7-11(13)8-6-10/h2,5-8,12,14H,3,9H2,1H3. The highest BCUT2D eigenvalue weighted by Crippen LogP contribution is 2.14. The van der Waals surface area contributed by atoms with Gasteiger partial charge in [0.2, 0.25) is 0 Å². The summed E-state index contributed by atoms with van der Waals surface area (Å²) in [5.74, 6) is 2.76. The average molecular weight is 299 g/mol. The molecule has 0 aliphatic heterocycles. The van der Waals surface area contributed by atoms with Crippen molar-refractivity contribution in [1.82, 2.24) is 5.32 Å². The minimum Gasteiger partial charge on any atom is -0.300 e. The SMILES string of the molecule is C#CC(NCCC)c1ccc(I)cc1. The number of nitrogens with one attached hydrogen (secondary N) is 1. The molecule has 1 aromatic rings. The summed E-state index contributed by atoms with van der Waals surface area (Å²) < 4.78 is 1.23. The summed E-state index contributed by atoms with van der Waals surface area (Å²) in [6, 6.07) is 8.36. The molecule has 0 amide bonds. The summed E-state index contributed by atoms with van der Waals surface area (Å²) in [5.41, 5.74) is 1.17. The maximum Gasteiger partial charge on any atom is 0.0943 e. The summed E-state index contributed by atoms with van der Waals surface area (Å²) in [5, 5.41) is 3.32. The van der Waals surface area contributed by atoms with Crippen LogP contribution in [0.25, 0.3) is 0 Å². The van der Waals surface area contributed by atoms with Gasteiger partial charge in [0.15, 0.2) is 0 Å². The van der Waals surface area contributed by atoms with Crippen LogP contribution in [0, 0.1) is 15.9 Å². The number of rotatable bonds is 4. The zero-order chi connectivity index (χ0) is 10.4. The monoisotopic (exact) mass is 299 g/mol. The van der Waals surface area contributed by atoms with Crippen LogP contribution in [-0.2, 0) is 0 Å². The summed E-state index contributed by atoms with van der Waals surface area (Å²) in [6.07, 6.45) is 6.57. The molecule has 0 spiro atoms. The van der Waals surface area contributed by atoms with Crippen LogP contribution in [0.2, 0.25) is 0 Å². The summed E-state index contributed by atoms with van der Waals surface area (Å²) in [4.78, 5) is 0. The van der Waals surface area contributed by atoms with Crippen molar-refractivity contribution in [3.63, 3.8) is 0 Å². The van der Waals surface area contributed by atoms with Crippen LogP contribution in [0.15, 0.2) is 24.3 Å². The summed E-state index contributed by atoms with van der Waals surface area (Å²) >= 11 is 2.29. The number of terminal acetylenes is 1. The van der Waals surface area contributed by atoms with Gasteiger partial charge in [-0.1, -0.05) is 25.0 Å². The molecule has 14 heavy (non-hydrogen) atoms. The van der Waals surface area contributed by atoms with Crippen molar-refractivity contribution in [2.45, 2.75) is 19.4 Å². The molecule has 0 fully saturated rings. The predicted molar refractivity (Wildman–Crippen MR) is 69.0 cm³/mol. The van der Waals surface area contributed by atoms with Crippen molar-refractivity contribution in [2.24, 2.45) is 0 Å². The molecule has 0 bridgehead atoms. The molecule has 0 saturated heterocycles. The Morgan fingerprint density at radius 1 is 1.43 bits per heavy atom. The van der Waals surface area contributed by atoms with Crippen LogP contribution in [0.1, 0.15) is 24.9 Å². The Bertz CT molecular complexity index is 310. The molecule has 2 heteroatoms. The first-order valence-corrected chi connectivity index (χ1v) is 5.80. The van der Waals surface area contributed by atoms with Gasteiger partial charge in [0, 0.05) is 3.57 Å². The summed E-state index contributed by atoms with van der Waals surface area (Å²) in [6.45, 7) is 3.09. The molecular weight excluding hydrogens is 285 g/mol. The molecule has 0 aliphatic rings. The van der Waals surface area contributed by atoms with E-state index < -0.39 is 0 Å². The maximum atomic E-state index is 5.47. The Kier molecular flexibility index (Phi) is 4.99. The highest BCUT2D eigenvalue weighted by molar-refractivity contribution is 14.1. The van der Waals surface area contributed by atoms with Gasteiger partial charge in [-0.05, 0) is 53.3 Å². The second-order valence-electron chi connectivity index (χ2n) is 3.11. The molecule has 74 valence electrons. The number of benzene rings is 1. The fraction of sp³-hybridized carbons (Fsp3) is 0.333. The molecule has 1 nitrogen and oxygen atoms in total. The summed E-state index contributed by atoms with van der Waals surface area (Å²) in [7, 11) is 0. The topological polar surface area (TPSA) is 12.0 Å². The third kappa shape index (κ3) is 3.32. The van der Waals surface area contributed by atoms with Gasteiger partial charge in [0.25, 0.3) is 0 Å². The van der Waals surface area contributed by atoms with Gasteiger partial charge in [-0.15, -0.1) is 6.42 Å². The van der Waals surface area contributed by atoms with Crippen LogP contribution in [0.5, 0.6) is 0 Å². The van der Waals surface area contributed by atoms with E-state index in [1.807, 2.05) is 0 Å². The second-order valence-corrected chi connectivity index (χ2v) is 4.35. The van der Waals surface area contributed by atoms with Crippen molar-refractivity contribution in [3.05, 3.63) is 33.4 Å². The Morgan fingerprint density at radius 2 is 2.07 bits per heavy atom. The maximum absolute atomic E-state index is 5.47.